The summed E-state index contributed by atoms with van der Waals surface area (Å²) in [6, 6.07) is 7.67. The average Bonchev–Trinajstić information content (AvgIpc) is 2.72. The van der Waals surface area contributed by atoms with E-state index in [2.05, 4.69) is 15.0 Å². The molecule has 0 bridgehead atoms. The number of halogens is 1. The van der Waals surface area contributed by atoms with E-state index >= 15 is 0 Å². The summed E-state index contributed by atoms with van der Waals surface area (Å²) in [5.74, 6) is 0.849. The van der Waals surface area contributed by atoms with E-state index in [-0.39, 0.29) is 0 Å². The number of aromatic amines is 1. The Balaban J connectivity index is 2.20. The minimum atomic E-state index is 0.740. The van der Waals surface area contributed by atoms with Crippen molar-refractivity contribution >= 4 is 22.6 Å². The third-order valence-corrected chi connectivity index (χ3v) is 2.96. The molecule has 3 aromatic rings. The average molecular weight is 244 g/mol. The predicted octanol–water partition coefficient (Wildman–Crippen LogP) is 3.59. The second kappa shape index (κ2) is 3.86. The summed E-state index contributed by atoms with van der Waals surface area (Å²) in [5.41, 5.74) is 4.02. The van der Waals surface area contributed by atoms with Gasteiger partial charge in [0, 0.05) is 16.8 Å². The smallest absolute Gasteiger partial charge is 0.138 e. The maximum atomic E-state index is 5.94. The lowest BCUT2D eigenvalue weighted by molar-refractivity contribution is 1.30. The number of aryl methyl sites for hydroxylation is 1. The van der Waals surface area contributed by atoms with Gasteiger partial charge in [-0.15, -0.1) is 0 Å². The highest BCUT2D eigenvalue weighted by molar-refractivity contribution is 6.30. The van der Waals surface area contributed by atoms with Crippen molar-refractivity contribution in [3.8, 4) is 11.4 Å². The van der Waals surface area contributed by atoms with Gasteiger partial charge in [-0.25, -0.2) is 4.98 Å². The normalized spacial score (nSPS) is 10.9. The topological polar surface area (TPSA) is 41.6 Å². The van der Waals surface area contributed by atoms with E-state index in [0.717, 1.165) is 33.0 Å². The number of nitrogens with one attached hydrogen (secondary N) is 1. The molecule has 0 amide bonds. The molecule has 17 heavy (non-hydrogen) atoms. The van der Waals surface area contributed by atoms with Crippen LogP contribution in [0.25, 0.3) is 22.4 Å². The molecule has 3 rings (SSSR count). The SMILES string of the molecule is Cc1cc(Cl)ccc1-c1nc2ccncc2[nH]1. The zero-order valence-electron chi connectivity index (χ0n) is 9.24. The Bertz CT molecular complexity index is 655. The van der Waals surface area contributed by atoms with Crippen LogP contribution in [-0.2, 0) is 0 Å². The van der Waals surface area contributed by atoms with Gasteiger partial charge in [0.2, 0.25) is 0 Å². The van der Waals surface area contributed by atoms with Gasteiger partial charge in [-0.05, 0) is 36.8 Å². The molecular formula is C13H10ClN3. The lowest BCUT2D eigenvalue weighted by atomic mass is 10.1. The van der Waals surface area contributed by atoms with Crippen molar-refractivity contribution in [1.29, 1.82) is 0 Å². The van der Waals surface area contributed by atoms with Crippen LogP contribution in [0.3, 0.4) is 0 Å². The first-order valence-corrected chi connectivity index (χ1v) is 5.68. The van der Waals surface area contributed by atoms with E-state index in [1.165, 1.54) is 0 Å². The molecule has 0 aliphatic rings. The Morgan fingerprint density at radius 2 is 2.12 bits per heavy atom. The number of fused-ring (bicyclic) bond motifs is 1. The molecule has 4 heteroatoms. The number of nitrogens with zero attached hydrogens (tertiary/aromatic N) is 2. The number of aromatic nitrogens is 3. The molecule has 0 saturated carbocycles. The van der Waals surface area contributed by atoms with Crippen molar-refractivity contribution in [3.05, 3.63) is 47.2 Å². The van der Waals surface area contributed by atoms with Gasteiger partial charge in [0.05, 0.1) is 17.2 Å². The third-order valence-electron chi connectivity index (χ3n) is 2.73. The Kier molecular flexibility index (Phi) is 2.34. The summed E-state index contributed by atoms with van der Waals surface area (Å²) in [4.78, 5) is 11.9. The molecule has 0 radical (unpaired) electrons. The molecule has 0 fully saturated rings. The van der Waals surface area contributed by atoms with Crippen LogP contribution in [-0.4, -0.2) is 15.0 Å². The van der Waals surface area contributed by atoms with E-state index in [1.54, 1.807) is 12.4 Å². The van der Waals surface area contributed by atoms with Crippen molar-refractivity contribution in [2.75, 3.05) is 0 Å². The van der Waals surface area contributed by atoms with Crippen LogP contribution in [0.2, 0.25) is 5.02 Å². The number of imidazole rings is 1. The zero-order valence-corrected chi connectivity index (χ0v) is 9.99. The Morgan fingerprint density at radius 1 is 1.24 bits per heavy atom. The van der Waals surface area contributed by atoms with Crippen molar-refractivity contribution < 1.29 is 0 Å². The van der Waals surface area contributed by atoms with Crippen LogP contribution >= 0.6 is 11.6 Å². The minimum Gasteiger partial charge on any atom is -0.337 e. The van der Waals surface area contributed by atoms with E-state index < -0.39 is 0 Å². The molecule has 3 nitrogen and oxygen atoms in total. The molecule has 0 saturated heterocycles. The van der Waals surface area contributed by atoms with Crippen LogP contribution in [0.15, 0.2) is 36.7 Å². The summed E-state index contributed by atoms with van der Waals surface area (Å²) in [7, 11) is 0. The molecule has 1 N–H and O–H groups in total. The lowest BCUT2D eigenvalue weighted by Crippen LogP contribution is -1.84. The molecular weight excluding hydrogens is 234 g/mol. The second-order valence-electron chi connectivity index (χ2n) is 3.94. The molecule has 84 valence electrons. The molecule has 2 heterocycles. The van der Waals surface area contributed by atoms with Gasteiger partial charge < -0.3 is 4.98 Å². The minimum absolute atomic E-state index is 0.740. The number of hydrogen-bond donors (Lipinski definition) is 1. The summed E-state index contributed by atoms with van der Waals surface area (Å²) in [6.45, 7) is 2.02. The lowest BCUT2D eigenvalue weighted by Gasteiger charge is -2.02. The molecule has 0 aliphatic heterocycles. The van der Waals surface area contributed by atoms with Crippen LogP contribution in [0.5, 0.6) is 0 Å². The number of H-pyrrole nitrogens is 1. The molecule has 0 spiro atoms. The third kappa shape index (κ3) is 1.78. The number of pyridine rings is 1. The van der Waals surface area contributed by atoms with E-state index in [0.29, 0.717) is 0 Å². The Hall–Kier alpha value is -1.87. The molecule has 0 atom stereocenters. The predicted molar refractivity (Wildman–Crippen MR) is 69.1 cm³/mol. The molecule has 0 aliphatic carbocycles. The summed E-state index contributed by atoms with van der Waals surface area (Å²) < 4.78 is 0. The molecule has 1 aromatic carbocycles. The van der Waals surface area contributed by atoms with Crippen LogP contribution < -0.4 is 0 Å². The van der Waals surface area contributed by atoms with Crippen molar-refractivity contribution in [1.82, 2.24) is 15.0 Å². The van der Waals surface area contributed by atoms with Gasteiger partial charge >= 0.3 is 0 Å². The quantitative estimate of drug-likeness (QED) is 0.710. The molecule has 2 aromatic heterocycles. The first kappa shape index (κ1) is 10.3. The van der Waals surface area contributed by atoms with Gasteiger partial charge in [0.1, 0.15) is 5.82 Å². The first-order chi connectivity index (χ1) is 8.24. The van der Waals surface area contributed by atoms with Gasteiger partial charge in [-0.1, -0.05) is 11.6 Å². The van der Waals surface area contributed by atoms with Gasteiger partial charge in [0.25, 0.3) is 0 Å². The number of rotatable bonds is 1. The van der Waals surface area contributed by atoms with Crippen molar-refractivity contribution in [2.24, 2.45) is 0 Å². The highest BCUT2D eigenvalue weighted by Gasteiger charge is 2.07. The zero-order chi connectivity index (χ0) is 11.8. The maximum Gasteiger partial charge on any atom is 0.138 e. The van der Waals surface area contributed by atoms with E-state index in [4.69, 9.17) is 11.6 Å². The summed E-state index contributed by atoms with van der Waals surface area (Å²) in [6.07, 6.45) is 3.51. The summed E-state index contributed by atoms with van der Waals surface area (Å²) in [5, 5.41) is 0.740. The highest BCUT2D eigenvalue weighted by Crippen LogP contribution is 2.25. The first-order valence-electron chi connectivity index (χ1n) is 5.30. The fourth-order valence-corrected chi connectivity index (χ4v) is 2.10. The number of hydrogen-bond acceptors (Lipinski definition) is 2. The van der Waals surface area contributed by atoms with Crippen LogP contribution in [0.4, 0.5) is 0 Å². The second-order valence-corrected chi connectivity index (χ2v) is 4.37. The largest absolute Gasteiger partial charge is 0.337 e. The van der Waals surface area contributed by atoms with Crippen LogP contribution in [0.1, 0.15) is 5.56 Å². The van der Waals surface area contributed by atoms with Crippen molar-refractivity contribution in [3.63, 3.8) is 0 Å². The number of benzene rings is 1. The van der Waals surface area contributed by atoms with E-state index in [1.807, 2.05) is 31.2 Å². The van der Waals surface area contributed by atoms with Gasteiger partial charge in [0.15, 0.2) is 0 Å². The fourth-order valence-electron chi connectivity index (χ4n) is 1.88. The van der Waals surface area contributed by atoms with Crippen LogP contribution in [0, 0.1) is 6.92 Å². The van der Waals surface area contributed by atoms with Gasteiger partial charge in [-0.2, -0.15) is 0 Å². The van der Waals surface area contributed by atoms with E-state index in [9.17, 15) is 0 Å². The standard InChI is InChI=1S/C13H10ClN3/c1-8-6-9(14)2-3-10(8)13-16-11-4-5-15-7-12(11)17-13/h2-7H,1H3,(H,16,17). The monoisotopic (exact) mass is 243 g/mol. The van der Waals surface area contributed by atoms with Gasteiger partial charge in [-0.3, -0.25) is 4.98 Å². The summed E-state index contributed by atoms with van der Waals surface area (Å²) >= 11 is 5.94. The highest BCUT2D eigenvalue weighted by atomic mass is 35.5. The van der Waals surface area contributed by atoms with Crippen molar-refractivity contribution in [2.45, 2.75) is 6.92 Å². The fraction of sp³-hybridized carbons (Fsp3) is 0.0769. The maximum absolute atomic E-state index is 5.94. The Morgan fingerprint density at radius 3 is 2.88 bits per heavy atom. The Labute approximate surface area is 103 Å². The molecule has 0 unspecified atom stereocenters.